The van der Waals surface area contributed by atoms with Crippen molar-refractivity contribution in [2.75, 3.05) is 18.4 Å². The number of para-hydroxylation sites is 1. The first-order chi connectivity index (χ1) is 10.2. The number of nitrogens with two attached hydrogens (primary N) is 1. The van der Waals surface area contributed by atoms with Crippen LogP contribution in [0.3, 0.4) is 0 Å². The fourth-order valence-corrected chi connectivity index (χ4v) is 2.74. The monoisotopic (exact) mass is 289 g/mol. The lowest BCUT2D eigenvalue weighted by molar-refractivity contribution is -0.117. The molecule has 3 N–H and O–H groups in total. The molecule has 2 rings (SSSR count). The highest BCUT2D eigenvalue weighted by Crippen LogP contribution is 2.20. The molecule has 0 saturated carbocycles. The molecule has 4 nitrogen and oxygen atoms in total. The molecule has 116 valence electrons. The van der Waals surface area contributed by atoms with Crippen molar-refractivity contribution in [2.45, 2.75) is 51.6 Å². The van der Waals surface area contributed by atoms with Gasteiger partial charge in [-0.05, 0) is 44.0 Å². The van der Waals surface area contributed by atoms with Crippen molar-refractivity contribution >= 4 is 11.6 Å². The van der Waals surface area contributed by atoms with Crippen molar-refractivity contribution in [1.29, 1.82) is 0 Å². The van der Waals surface area contributed by atoms with Gasteiger partial charge in [0.05, 0.1) is 6.04 Å². The third-order valence-electron chi connectivity index (χ3n) is 4.07. The first-order valence-corrected chi connectivity index (χ1v) is 8.07. The van der Waals surface area contributed by atoms with Crippen molar-refractivity contribution in [1.82, 2.24) is 4.90 Å². The summed E-state index contributed by atoms with van der Waals surface area (Å²) in [6.45, 7) is 5.31. The minimum atomic E-state index is -0.412. The van der Waals surface area contributed by atoms with E-state index in [4.69, 9.17) is 5.73 Å². The number of nitrogens with one attached hydrogen (secondary N) is 1. The Labute approximate surface area is 127 Å². The SMILES string of the molecule is CCCCC(N)C(=O)Nc1ccccc1CN1CCCC1. The number of carbonyl (C=O) groups is 1. The number of unbranched alkanes of at least 4 members (excludes halogenated alkanes) is 1. The number of nitrogens with zero attached hydrogens (tertiary/aromatic N) is 1. The zero-order chi connectivity index (χ0) is 15.1. The van der Waals surface area contributed by atoms with E-state index in [2.05, 4.69) is 23.2 Å². The van der Waals surface area contributed by atoms with Gasteiger partial charge in [-0.3, -0.25) is 9.69 Å². The number of rotatable bonds is 7. The van der Waals surface area contributed by atoms with E-state index in [9.17, 15) is 4.79 Å². The second kappa shape index (κ2) is 8.15. The van der Waals surface area contributed by atoms with Gasteiger partial charge in [0, 0.05) is 12.2 Å². The van der Waals surface area contributed by atoms with E-state index in [1.165, 1.54) is 18.4 Å². The quantitative estimate of drug-likeness (QED) is 0.811. The van der Waals surface area contributed by atoms with Gasteiger partial charge in [-0.25, -0.2) is 0 Å². The average molecular weight is 289 g/mol. The van der Waals surface area contributed by atoms with Crippen LogP contribution < -0.4 is 11.1 Å². The van der Waals surface area contributed by atoms with E-state index in [0.29, 0.717) is 0 Å². The zero-order valence-corrected chi connectivity index (χ0v) is 13.0. The van der Waals surface area contributed by atoms with Gasteiger partial charge < -0.3 is 11.1 Å². The molecule has 0 radical (unpaired) electrons. The highest BCUT2D eigenvalue weighted by atomic mass is 16.2. The predicted octanol–water partition coefficient (Wildman–Crippen LogP) is 2.74. The standard InChI is InChI=1S/C17H27N3O/c1-2-3-9-15(18)17(21)19-16-10-5-4-8-14(16)13-20-11-6-7-12-20/h4-5,8,10,15H,2-3,6-7,9,11-13,18H2,1H3,(H,19,21). The molecule has 1 amide bonds. The third kappa shape index (κ3) is 4.83. The lowest BCUT2D eigenvalue weighted by Gasteiger charge is -2.19. The molecule has 21 heavy (non-hydrogen) atoms. The average Bonchev–Trinajstić information content (AvgIpc) is 2.99. The summed E-state index contributed by atoms with van der Waals surface area (Å²) in [4.78, 5) is 14.6. The van der Waals surface area contributed by atoms with Crippen LogP contribution >= 0.6 is 0 Å². The molecule has 4 heteroatoms. The summed E-state index contributed by atoms with van der Waals surface area (Å²) < 4.78 is 0. The number of carbonyl (C=O) groups excluding carboxylic acids is 1. The van der Waals surface area contributed by atoms with E-state index in [-0.39, 0.29) is 5.91 Å². The van der Waals surface area contributed by atoms with Gasteiger partial charge in [0.2, 0.25) is 5.91 Å². The van der Waals surface area contributed by atoms with Crippen LogP contribution in [0.15, 0.2) is 24.3 Å². The van der Waals surface area contributed by atoms with Crippen LogP contribution in [0, 0.1) is 0 Å². The van der Waals surface area contributed by atoms with Crippen LogP contribution in [-0.2, 0) is 11.3 Å². The Hall–Kier alpha value is -1.39. The van der Waals surface area contributed by atoms with Crippen LogP contribution in [0.5, 0.6) is 0 Å². The molecule has 1 fully saturated rings. The lowest BCUT2D eigenvalue weighted by Crippen LogP contribution is -2.35. The highest BCUT2D eigenvalue weighted by molar-refractivity contribution is 5.95. The summed E-state index contributed by atoms with van der Waals surface area (Å²) in [6, 6.07) is 7.63. The normalized spacial score (nSPS) is 16.9. The molecule has 1 aromatic rings. The molecule has 1 atom stereocenters. The summed E-state index contributed by atoms with van der Waals surface area (Å²) in [5, 5.41) is 3.00. The van der Waals surface area contributed by atoms with Gasteiger partial charge in [-0.1, -0.05) is 38.0 Å². The van der Waals surface area contributed by atoms with Gasteiger partial charge in [0.1, 0.15) is 0 Å². The minimum Gasteiger partial charge on any atom is -0.324 e. The smallest absolute Gasteiger partial charge is 0.241 e. The molecular formula is C17H27N3O. The van der Waals surface area contributed by atoms with Crippen molar-refractivity contribution in [3.8, 4) is 0 Å². The van der Waals surface area contributed by atoms with Crippen molar-refractivity contribution in [3.63, 3.8) is 0 Å². The molecule has 0 aliphatic carbocycles. The highest BCUT2D eigenvalue weighted by Gasteiger charge is 2.17. The molecule has 0 aromatic heterocycles. The van der Waals surface area contributed by atoms with Crippen LogP contribution in [-0.4, -0.2) is 29.9 Å². The fraction of sp³-hybridized carbons (Fsp3) is 0.588. The zero-order valence-electron chi connectivity index (χ0n) is 13.0. The molecule has 0 spiro atoms. The van der Waals surface area contributed by atoms with Gasteiger partial charge >= 0.3 is 0 Å². The Morgan fingerprint density at radius 1 is 1.33 bits per heavy atom. The molecule has 1 aromatic carbocycles. The molecule has 1 aliphatic heterocycles. The second-order valence-electron chi connectivity index (χ2n) is 5.88. The van der Waals surface area contributed by atoms with Gasteiger partial charge in [-0.15, -0.1) is 0 Å². The van der Waals surface area contributed by atoms with Crippen molar-refractivity contribution in [3.05, 3.63) is 29.8 Å². The number of hydrogen-bond acceptors (Lipinski definition) is 3. The largest absolute Gasteiger partial charge is 0.324 e. The van der Waals surface area contributed by atoms with Crippen molar-refractivity contribution < 1.29 is 4.79 Å². The van der Waals surface area contributed by atoms with Gasteiger partial charge in [0.15, 0.2) is 0 Å². The molecule has 0 bridgehead atoms. The lowest BCUT2D eigenvalue weighted by atomic mass is 10.1. The van der Waals surface area contributed by atoms with Crippen LogP contribution in [0.4, 0.5) is 5.69 Å². The Morgan fingerprint density at radius 2 is 2.05 bits per heavy atom. The van der Waals surface area contributed by atoms with Gasteiger partial charge in [-0.2, -0.15) is 0 Å². The number of amides is 1. The minimum absolute atomic E-state index is 0.0719. The summed E-state index contributed by atoms with van der Waals surface area (Å²) in [6.07, 6.45) is 5.35. The maximum absolute atomic E-state index is 12.2. The number of hydrogen-bond donors (Lipinski definition) is 2. The Bertz CT molecular complexity index is 455. The Balaban J connectivity index is 1.97. The molecule has 1 heterocycles. The summed E-state index contributed by atoms with van der Waals surface area (Å²) in [7, 11) is 0. The number of anilines is 1. The maximum atomic E-state index is 12.2. The van der Waals surface area contributed by atoms with Gasteiger partial charge in [0.25, 0.3) is 0 Å². The second-order valence-corrected chi connectivity index (χ2v) is 5.88. The van der Waals surface area contributed by atoms with Crippen molar-refractivity contribution in [2.24, 2.45) is 5.73 Å². The summed E-state index contributed by atoms with van der Waals surface area (Å²) >= 11 is 0. The van der Waals surface area contributed by atoms with Crippen LogP contribution in [0.2, 0.25) is 0 Å². The predicted molar refractivity (Wildman–Crippen MR) is 87.1 cm³/mol. The van der Waals surface area contributed by atoms with Crippen LogP contribution in [0.25, 0.3) is 0 Å². The van der Waals surface area contributed by atoms with E-state index >= 15 is 0 Å². The van der Waals surface area contributed by atoms with E-state index in [0.717, 1.165) is 44.6 Å². The molecular weight excluding hydrogens is 262 g/mol. The Morgan fingerprint density at radius 3 is 2.76 bits per heavy atom. The van der Waals surface area contributed by atoms with Crippen LogP contribution in [0.1, 0.15) is 44.6 Å². The Kier molecular flexibility index (Phi) is 6.21. The number of likely N-dealkylation sites (tertiary alicyclic amines) is 1. The summed E-state index contributed by atoms with van der Waals surface area (Å²) in [5.41, 5.74) is 8.02. The fourth-order valence-electron chi connectivity index (χ4n) is 2.74. The van der Waals surface area contributed by atoms with E-state index in [1.54, 1.807) is 0 Å². The maximum Gasteiger partial charge on any atom is 0.241 e. The first-order valence-electron chi connectivity index (χ1n) is 8.07. The first kappa shape index (κ1) is 16.0. The molecule has 1 aliphatic rings. The van der Waals surface area contributed by atoms with E-state index < -0.39 is 6.04 Å². The number of benzene rings is 1. The molecule has 1 saturated heterocycles. The third-order valence-corrected chi connectivity index (χ3v) is 4.07. The molecule has 1 unspecified atom stereocenters. The topological polar surface area (TPSA) is 58.4 Å². The van der Waals surface area contributed by atoms with E-state index in [1.807, 2.05) is 18.2 Å². The summed E-state index contributed by atoms with van der Waals surface area (Å²) in [5.74, 6) is -0.0719.